The molecule has 0 bridgehead atoms. The van der Waals surface area contributed by atoms with Crippen LogP contribution in [0.25, 0.3) is 38.6 Å². The lowest BCUT2D eigenvalue weighted by Crippen LogP contribution is -2.09. The molecule has 5 rings (SSSR count). The minimum absolute atomic E-state index is 0.164. The molecule has 0 atom stereocenters. The maximum absolute atomic E-state index is 13.7. The zero-order chi connectivity index (χ0) is 23.1. The van der Waals surface area contributed by atoms with E-state index in [1.165, 1.54) is 12.1 Å². The molecule has 166 valence electrons. The Hall–Kier alpha value is -4.13. The Morgan fingerprint density at radius 1 is 1.12 bits per heavy atom. The van der Waals surface area contributed by atoms with E-state index in [-0.39, 0.29) is 11.7 Å². The first-order valence-corrected chi connectivity index (χ1v) is 10.6. The van der Waals surface area contributed by atoms with Crippen LogP contribution >= 0.6 is 0 Å². The Morgan fingerprint density at radius 2 is 1.85 bits per heavy atom. The van der Waals surface area contributed by atoms with Gasteiger partial charge in [0.1, 0.15) is 11.6 Å². The Labute approximate surface area is 189 Å². The second-order valence-electron chi connectivity index (χ2n) is 8.26. The van der Waals surface area contributed by atoms with E-state index >= 15 is 0 Å². The average molecular weight is 443 g/mol. The van der Waals surface area contributed by atoms with Crippen LogP contribution in [0, 0.1) is 5.82 Å². The standard InChI is InChI=1S/C26H22FN3O3/c1-15(2)26-25(16-3-9-20(10-4-16)33-14-24(31)32)21-12-22-17(13-28-29-22)11-23(21)30(26)19-7-5-18(27)6-8-19/h3-13,15H,14H2,1-2H3,(H,28,29)(H,31,32). The van der Waals surface area contributed by atoms with Gasteiger partial charge < -0.3 is 14.4 Å². The van der Waals surface area contributed by atoms with Gasteiger partial charge in [0.05, 0.1) is 17.2 Å². The fourth-order valence-corrected chi connectivity index (χ4v) is 4.33. The molecule has 0 unspecified atom stereocenters. The number of aromatic amines is 1. The lowest BCUT2D eigenvalue weighted by molar-refractivity contribution is -0.139. The number of hydrogen-bond acceptors (Lipinski definition) is 3. The van der Waals surface area contributed by atoms with E-state index in [1.807, 2.05) is 12.1 Å². The topological polar surface area (TPSA) is 80.1 Å². The predicted molar refractivity (Wildman–Crippen MR) is 126 cm³/mol. The van der Waals surface area contributed by atoms with Crippen molar-refractivity contribution in [3.63, 3.8) is 0 Å². The molecular weight excluding hydrogens is 421 g/mol. The van der Waals surface area contributed by atoms with E-state index in [4.69, 9.17) is 9.84 Å². The van der Waals surface area contributed by atoms with Crippen LogP contribution < -0.4 is 4.74 Å². The van der Waals surface area contributed by atoms with Gasteiger partial charge in [-0.05, 0) is 60.0 Å². The summed E-state index contributed by atoms with van der Waals surface area (Å²) in [5, 5.41) is 18.1. The van der Waals surface area contributed by atoms with Crippen LogP contribution in [0.3, 0.4) is 0 Å². The van der Waals surface area contributed by atoms with Crippen LogP contribution in [0.5, 0.6) is 5.75 Å². The molecule has 5 aromatic rings. The lowest BCUT2D eigenvalue weighted by atomic mass is 9.96. The first-order valence-electron chi connectivity index (χ1n) is 10.6. The van der Waals surface area contributed by atoms with Gasteiger partial charge in [-0.25, -0.2) is 9.18 Å². The number of benzene rings is 3. The third kappa shape index (κ3) is 3.71. The number of ether oxygens (including phenoxy) is 1. The summed E-state index contributed by atoms with van der Waals surface area (Å²) in [7, 11) is 0. The second-order valence-corrected chi connectivity index (χ2v) is 8.26. The molecule has 2 N–H and O–H groups in total. The summed E-state index contributed by atoms with van der Waals surface area (Å²) in [5.74, 6) is -0.648. The SMILES string of the molecule is CC(C)c1c(-c2ccc(OCC(=O)O)cc2)c2cc3[nH]ncc3cc2n1-c1ccc(F)cc1. The van der Waals surface area contributed by atoms with Gasteiger partial charge in [0.15, 0.2) is 6.61 Å². The number of rotatable bonds is 6. The number of carboxylic acid groups (broad SMARTS) is 1. The molecule has 6 nitrogen and oxygen atoms in total. The van der Waals surface area contributed by atoms with E-state index in [0.29, 0.717) is 5.75 Å². The number of nitrogens with one attached hydrogen (secondary N) is 1. The fraction of sp³-hybridized carbons (Fsp3) is 0.154. The molecule has 0 spiro atoms. The summed E-state index contributed by atoms with van der Waals surface area (Å²) in [6.07, 6.45) is 1.79. The number of fused-ring (bicyclic) bond motifs is 2. The van der Waals surface area contributed by atoms with Crippen LogP contribution in [0.4, 0.5) is 4.39 Å². The first kappa shape index (κ1) is 20.8. The van der Waals surface area contributed by atoms with Gasteiger partial charge in [0.2, 0.25) is 0 Å². The number of carboxylic acids is 1. The zero-order valence-electron chi connectivity index (χ0n) is 18.2. The van der Waals surface area contributed by atoms with Crippen molar-refractivity contribution in [3.8, 4) is 22.6 Å². The molecule has 7 heteroatoms. The van der Waals surface area contributed by atoms with Crippen molar-refractivity contribution in [2.24, 2.45) is 0 Å². The number of aromatic nitrogens is 3. The van der Waals surface area contributed by atoms with E-state index in [0.717, 1.165) is 44.3 Å². The predicted octanol–water partition coefficient (Wildman–Crippen LogP) is 5.90. The fourth-order valence-electron chi connectivity index (χ4n) is 4.33. The van der Waals surface area contributed by atoms with Crippen LogP contribution in [-0.4, -0.2) is 32.4 Å². The lowest BCUT2D eigenvalue weighted by Gasteiger charge is -2.16. The summed E-state index contributed by atoms with van der Waals surface area (Å²) in [5.41, 5.74) is 5.94. The van der Waals surface area contributed by atoms with Gasteiger partial charge in [-0.2, -0.15) is 5.10 Å². The van der Waals surface area contributed by atoms with Crippen molar-refractivity contribution < 1.29 is 19.0 Å². The highest BCUT2D eigenvalue weighted by Gasteiger charge is 2.23. The normalized spacial score (nSPS) is 11.5. The van der Waals surface area contributed by atoms with Crippen molar-refractivity contribution >= 4 is 27.8 Å². The largest absolute Gasteiger partial charge is 0.482 e. The molecule has 3 aromatic carbocycles. The Morgan fingerprint density at radius 3 is 2.52 bits per heavy atom. The number of carbonyl (C=O) groups is 1. The van der Waals surface area contributed by atoms with Crippen molar-refractivity contribution in [1.29, 1.82) is 0 Å². The number of hydrogen-bond donors (Lipinski definition) is 2. The van der Waals surface area contributed by atoms with E-state index in [2.05, 4.69) is 40.7 Å². The van der Waals surface area contributed by atoms with Gasteiger partial charge in [0, 0.05) is 27.7 Å². The third-order valence-corrected chi connectivity index (χ3v) is 5.70. The summed E-state index contributed by atoms with van der Waals surface area (Å²) < 4.78 is 21.2. The monoisotopic (exact) mass is 443 g/mol. The quantitative estimate of drug-likeness (QED) is 0.342. The molecule has 0 fully saturated rings. The molecular formula is C26H22FN3O3. The summed E-state index contributed by atoms with van der Waals surface area (Å²) >= 11 is 0. The smallest absolute Gasteiger partial charge is 0.341 e. The summed E-state index contributed by atoms with van der Waals surface area (Å²) in [4.78, 5) is 10.8. The second kappa shape index (κ2) is 8.09. The van der Waals surface area contributed by atoms with E-state index in [9.17, 15) is 9.18 Å². The van der Waals surface area contributed by atoms with Crippen LogP contribution in [0.15, 0.2) is 66.9 Å². The summed E-state index contributed by atoms with van der Waals surface area (Å²) in [6, 6.07) is 18.1. The molecule has 0 aliphatic heterocycles. The molecule has 0 aliphatic rings. The van der Waals surface area contributed by atoms with Crippen molar-refractivity contribution in [3.05, 3.63) is 78.4 Å². The van der Waals surface area contributed by atoms with Gasteiger partial charge in [-0.3, -0.25) is 5.10 Å². The average Bonchev–Trinajstić information content (AvgIpc) is 3.39. The maximum Gasteiger partial charge on any atom is 0.341 e. The molecule has 2 aromatic heterocycles. The molecule has 0 radical (unpaired) electrons. The molecule has 0 amide bonds. The van der Waals surface area contributed by atoms with Gasteiger partial charge in [-0.15, -0.1) is 0 Å². The van der Waals surface area contributed by atoms with Crippen molar-refractivity contribution in [1.82, 2.24) is 14.8 Å². The highest BCUT2D eigenvalue weighted by atomic mass is 19.1. The van der Waals surface area contributed by atoms with Gasteiger partial charge >= 0.3 is 5.97 Å². The maximum atomic E-state index is 13.7. The van der Waals surface area contributed by atoms with Crippen molar-refractivity contribution in [2.75, 3.05) is 6.61 Å². The van der Waals surface area contributed by atoms with Crippen LogP contribution in [-0.2, 0) is 4.79 Å². The number of aliphatic carboxylic acids is 1. The Bertz CT molecular complexity index is 1470. The number of H-pyrrole nitrogens is 1. The van der Waals surface area contributed by atoms with Crippen LogP contribution in [0.2, 0.25) is 0 Å². The summed E-state index contributed by atoms with van der Waals surface area (Å²) in [6.45, 7) is 3.88. The highest BCUT2D eigenvalue weighted by molar-refractivity contribution is 6.05. The van der Waals surface area contributed by atoms with Crippen molar-refractivity contribution in [2.45, 2.75) is 19.8 Å². The first-order chi connectivity index (χ1) is 15.9. The highest BCUT2D eigenvalue weighted by Crippen LogP contribution is 2.42. The zero-order valence-corrected chi connectivity index (χ0v) is 18.2. The Balaban J connectivity index is 1.77. The number of halogens is 1. The number of nitrogens with zero attached hydrogens (tertiary/aromatic N) is 2. The molecule has 0 saturated heterocycles. The Kier molecular flexibility index (Phi) is 5.09. The van der Waals surface area contributed by atoms with Gasteiger partial charge in [-0.1, -0.05) is 26.0 Å². The molecule has 0 saturated carbocycles. The molecule has 0 aliphatic carbocycles. The molecule has 2 heterocycles. The minimum Gasteiger partial charge on any atom is -0.482 e. The minimum atomic E-state index is -1.02. The van der Waals surface area contributed by atoms with E-state index < -0.39 is 12.6 Å². The van der Waals surface area contributed by atoms with E-state index in [1.54, 1.807) is 30.5 Å². The van der Waals surface area contributed by atoms with Crippen LogP contribution in [0.1, 0.15) is 25.5 Å². The van der Waals surface area contributed by atoms with Gasteiger partial charge in [0.25, 0.3) is 0 Å². The third-order valence-electron chi connectivity index (χ3n) is 5.70. The molecule has 33 heavy (non-hydrogen) atoms.